The normalized spacial score (nSPS) is 18.4. The Morgan fingerprint density at radius 1 is 1.48 bits per heavy atom. The summed E-state index contributed by atoms with van der Waals surface area (Å²) in [6.45, 7) is 7.31. The molecule has 0 radical (unpaired) electrons. The van der Waals surface area contributed by atoms with Crippen molar-refractivity contribution in [2.24, 2.45) is 0 Å². The number of pyridine rings is 1. The first-order valence-corrected chi connectivity index (χ1v) is 7.96. The fraction of sp³-hybridized carbons (Fsp3) is 0.625. The number of ether oxygens (including phenoxy) is 1. The fourth-order valence-corrected chi connectivity index (χ4v) is 2.68. The first kappa shape index (κ1) is 17.2. The molecule has 1 saturated heterocycles. The maximum absolute atomic E-state index is 11.9. The molecule has 2 heterocycles. The lowest BCUT2D eigenvalue weighted by molar-refractivity contribution is 0.0826. The molecule has 1 atom stereocenters. The average molecular weight is 321 g/mol. The Hall–Kier alpha value is -2.18. The molecule has 0 saturated carbocycles. The Morgan fingerprint density at radius 3 is 2.87 bits per heavy atom. The van der Waals surface area contributed by atoms with Gasteiger partial charge in [-0.25, -0.2) is 9.78 Å². The highest BCUT2D eigenvalue weighted by Gasteiger charge is 2.26. The van der Waals surface area contributed by atoms with E-state index in [2.05, 4.69) is 20.5 Å². The predicted molar refractivity (Wildman–Crippen MR) is 92.8 cm³/mol. The number of carbonyl (C=O) groups excluding carboxylic acids is 1. The van der Waals surface area contributed by atoms with Gasteiger partial charge in [-0.15, -0.1) is 0 Å². The van der Waals surface area contributed by atoms with Gasteiger partial charge in [0, 0.05) is 25.3 Å². The molecule has 23 heavy (non-hydrogen) atoms. The molecule has 0 aromatic carbocycles. The zero-order valence-electron chi connectivity index (χ0n) is 14.3. The third kappa shape index (κ3) is 4.64. The van der Waals surface area contributed by atoms with Gasteiger partial charge in [-0.1, -0.05) is 0 Å². The molecule has 0 spiro atoms. The van der Waals surface area contributed by atoms with E-state index in [1.54, 1.807) is 13.2 Å². The van der Waals surface area contributed by atoms with Gasteiger partial charge in [0.2, 0.25) is 0 Å². The number of anilines is 3. The minimum atomic E-state index is -0.372. The highest BCUT2D eigenvalue weighted by atomic mass is 16.6. The molecular weight excluding hydrogens is 294 g/mol. The minimum Gasteiger partial charge on any atom is -0.444 e. The van der Waals surface area contributed by atoms with Crippen LogP contribution in [-0.4, -0.2) is 42.9 Å². The Labute approximate surface area is 137 Å². The second-order valence-electron chi connectivity index (χ2n) is 6.83. The summed E-state index contributed by atoms with van der Waals surface area (Å²) in [7, 11) is 1.79. The van der Waals surface area contributed by atoms with Gasteiger partial charge in [-0.3, -0.25) is 0 Å². The van der Waals surface area contributed by atoms with Crippen molar-refractivity contribution in [3.05, 3.63) is 12.3 Å². The highest BCUT2D eigenvalue weighted by Crippen LogP contribution is 2.30. The highest BCUT2D eigenvalue weighted by molar-refractivity contribution is 5.78. The van der Waals surface area contributed by atoms with Crippen LogP contribution in [0.4, 0.5) is 22.0 Å². The van der Waals surface area contributed by atoms with Crippen molar-refractivity contribution < 1.29 is 9.53 Å². The van der Waals surface area contributed by atoms with Crippen molar-refractivity contribution in [1.82, 2.24) is 10.3 Å². The van der Waals surface area contributed by atoms with Crippen LogP contribution < -0.4 is 21.3 Å². The smallest absolute Gasteiger partial charge is 0.407 e. The number of nitrogen functional groups attached to an aromatic ring is 1. The molecule has 1 amide bonds. The van der Waals surface area contributed by atoms with Crippen LogP contribution in [0.1, 0.15) is 33.6 Å². The van der Waals surface area contributed by atoms with E-state index in [4.69, 9.17) is 10.5 Å². The van der Waals surface area contributed by atoms with Gasteiger partial charge in [0.15, 0.2) is 5.82 Å². The van der Waals surface area contributed by atoms with Gasteiger partial charge < -0.3 is 26.0 Å². The summed E-state index contributed by atoms with van der Waals surface area (Å²) < 4.78 is 5.55. The third-order valence-electron chi connectivity index (χ3n) is 3.67. The molecular formula is C16H27N5O2. The first-order valence-electron chi connectivity index (χ1n) is 7.96. The molecule has 1 unspecified atom stereocenters. The van der Waals surface area contributed by atoms with E-state index in [1.807, 2.05) is 26.8 Å². The average Bonchev–Trinajstić information content (AvgIpc) is 2.45. The summed E-state index contributed by atoms with van der Waals surface area (Å²) in [5.74, 6) is 0.663. The molecule has 2 rings (SSSR count). The van der Waals surface area contributed by atoms with Crippen molar-refractivity contribution in [3.63, 3.8) is 0 Å². The van der Waals surface area contributed by atoms with E-state index in [0.29, 0.717) is 18.1 Å². The van der Waals surface area contributed by atoms with Crippen LogP contribution in [0.25, 0.3) is 0 Å². The van der Waals surface area contributed by atoms with E-state index in [9.17, 15) is 4.79 Å². The quantitative estimate of drug-likeness (QED) is 0.790. The summed E-state index contributed by atoms with van der Waals surface area (Å²) in [5, 5.41) is 5.81. The molecule has 7 nitrogen and oxygen atoms in total. The van der Waals surface area contributed by atoms with Crippen molar-refractivity contribution in [1.29, 1.82) is 0 Å². The van der Waals surface area contributed by atoms with Crippen molar-refractivity contribution >= 4 is 23.3 Å². The van der Waals surface area contributed by atoms with Crippen LogP contribution in [0.5, 0.6) is 0 Å². The number of rotatable bonds is 3. The third-order valence-corrected chi connectivity index (χ3v) is 3.67. The molecule has 0 bridgehead atoms. The summed E-state index contributed by atoms with van der Waals surface area (Å²) in [6, 6.07) is 1.90. The lowest BCUT2D eigenvalue weighted by Crippen LogP contribution is -2.46. The van der Waals surface area contributed by atoms with Crippen LogP contribution in [-0.2, 0) is 4.74 Å². The van der Waals surface area contributed by atoms with Crippen molar-refractivity contribution in [2.75, 3.05) is 36.1 Å². The number of carbonyl (C=O) groups is 1. The summed E-state index contributed by atoms with van der Waals surface area (Å²) in [4.78, 5) is 18.3. The van der Waals surface area contributed by atoms with Crippen molar-refractivity contribution in [2.45, 2.75) is 45.3 Å². The fourth-order valence-electron chi connectivity index (χ4n) is 2.68. The van der Waals surface area contributed by atoms with E-state index >= 15 is 0 Å². The zero-order valence-corrected chi connectivity index (χ0v) is 14.3. The van der Waals surface area contributed by atoms with Gasteiger partial charge in [0.1, 0.15) is 6.10 Å². The maximum atomic E-state index is 11.9. The number of nitrogens with zero attached hydrogens (tertiary/aromatic N) is 2. The van der Waals surface area contributed by atoms with Gasteiger partial charge >= 0.3 is 6.09 Å². The number of hydrogen-bond donors (Lipinski definition) is 3. The van der Waals surface area contributed by atoms with Crippen molar-refractivity contribution in [3.8, 4) is 0 Å². The number of aromatic nitrogens is 1. The molecule has 1 aliphatic heterocycles. The number of nitrogens with one attached hydrogen (secondary N) is 2. The molecule has 4 N–H and O–H groups in total. The van der Waals surface area contributed by atoms with Crippen LogP contribution in [0.2, 0.25) is 0 Å². The molecule has 1 aromatic rings. The van der Waals surface area contributed by atoms with Crippen LogP contribution in [0.15, 0.2) is 12.3 Å². The molecule has 128 valence electrons. The molecule has 0 aliphatic carbocycles. The van der Waals surface area contributed by atoms with Crippen LogP contribution in [0.3, 0.4) is 0 Å². The number of amides is 1. The van der Waals surface area contributed by atoms with Gasteiger partial charge in [0.25, 0.3) is 0 Å². The minimum absolute atomic E-state index is 0.142. The maximum Gasteiger partial charge on any atom is 0.407 e. The van der Waals surface area contributed by atoms with E-state index in [0.717, 1.165) is 25.1 Å². The summed E-state index contributed by atoms with van der Waals surface area (Å²) >= 11 is 0. The Kier molecular flexibility index (Phi) is 5.18. The topological polar surface area (TPSA) is 92.5 Å². The SMILES string of the molecule is CNc1nccc(N2CCCC(OC(=O)NC(C)(C)C)C2)c1N. The van der Waals surface area contributed by atoms with E-state index in [1.165, 1.54) is 0 Å². The number of alkyl carbamates (subject to hydrolysis) is 1. The van der Waals surface area contributed by atoms with Crippen LogP contribution >= 0.6 is 0 Å². The Bertz CT molecular complexity index is 556. The van der Waals surface area contributed by atoms with Gasteiger partial charge in [-0.05, 0) is 39.7 Å². The van der Waals surface area contributed by atoms with E-state index < -0.39 is 0 Å². The Balaban J connectivity index is 2.02. The second kappa shape index (κ2) is 6.93. The number of nitrogens with two attached hydrogens (primary N) is 1. The van der Waals surface area contributed by atoms with Gasteiger partial charge in [-0.2, -0.15) is 0 Å². The summed E-state index contributed by atoms with van der Waals surface area (Å²) in [5.41, 5.74) is 7.41. The predicted octanol–water partition coefficient (Wildman–Crippen LogP) is 2.20. The molecule has 1 aromatic heterocycles. The lowest BCUT2D eigenvalue weighted by Gasteiger charge is -2.35. The lowest BCUT2D eigenvalue weighted by atomic mass is 10.1. The second-order valence-corrected chi connectivity index (χ2v) is 6.83. The standard InChI is InChI=1S/C16H27N5O2/c1-16(2,3)20-15(22)23-11-6-5-9-21(10-11)12-7-8-19-14(18-4)13(12)17/h7-8,11H,5-6,9-10,17H2,1-4H3,(H,18,19)(H,20,22). The molecule has 1 aliphatic rings. The largest absolute Gasteiger partial charge is 0.444 e. The molecule has 1 fully saturated rings. The number of hydrogen-bond acceptors (Lipinski definition) is 6. The first-order chi connectivity index (χ1) is 10.8. The van der Waals surface area contributed by atoms with Crippen LogP contribution in [0, 0.1) is 0 Å². The zero-order chi connectivity index (χ0) is 17.0. The molecule has 7 heteroatoms. The van der Waals surface area contributed by atoms with Gasteiger partial charge in [0.05, 0.1) is 17.9 Å². The number of piperidine rings is 1. The summed E-state index contributed by atoms with van der Waals surface area (Å²) in [6.07, 6.45) is 3.02. The Morgan fingerprint density at radius 2 is 2.22 bits per heavy atom. The monoisotopic (exact) mass is 321 g/mol. The van der Waals surface area contributed by atoms with E-state index in [-0.39, 0.29) is 17.7 Å².